The number of hydrogen-bond acceptors (Lipinski definition) is 5. The smallest absolute Gasteiger partial charge is 0.381 e. The second-order valence-corrected chi connectivity index (χ2v) is 9.69. The third kappa shape index (κ3) is 4.58. The standard InChI is InChI=1S/C24H28F3N5O3/c1-14-9-20-18(21-19(22(33)29-20)11-28-32(21)15-3-7-35-8-4-15)10-17(14)23(34)31-12-16(13-31)30(2)6-5-24(25,26)27/h9-11,15-17H,3-8,12-13H2,1-2H3. The number of amides is 2. The molecule has 0 saturated carbocycles. The molecule has 0 spiro atoms. The van der Waals surface area contributed by atoms with E-state index in [4.69, 9.17) is 4.74 Å². The molecule has 1 atom stereocenters. The zero-order valence-electron chi connectivity index (χ0n) is 19.7. The van der Waals surface area contributed by atoms with Crippen LogP contribution in [0, 0.1) is 5.92 Å². The first kappa shape index (κ1) is 23.9. The lowest BCUT2D eigenvalue weighted by Gasteiger charge is -2.45. The summed E-state index contributed by atoms with van der Waals surface area (Å²) >= 11 is 0. The number of rotatable bonds is 5. The zero-order chi connectivity index (χ0) is 24.9. The topological polar surface area (TPSA) is 80.0 Å². The van der Waals surface area contributed by atoms with Gasteiger partial charge < -0.3 is 9.64 Å². The lowest BCUT2D eigenvalue weighted by Crippen LogP contribution is -2.61. The van der Waals surface area contributed by atoms with Crippen molar-refractivity contribution >= 4 is 23.1 Å². The molecule has 2 saturated heterocycles. The number of fused-ring (bicyclic) bond motifs is 3. The molecule has 188 valence electrons. The molecule has 0 N–H and O–H groups in total. The molecule has 4 heterocycles. The van der Waals surface area contributed by atoms with Crippen molar-refractivity contribution in [3.63, 3.8) is 0 Å². The molecule has 1 aromatic rings. The van der Waals surface area contributed by atoms with Gasteiger partial charge in [0.25, 0.3) is 5.91 Å². The molecule has 5 rings (SSSR count). The fourth-order valence-corrected chi connectivity index (χ4v) is 5.09. The van der Waals surface area contributed by atoms with E-state index in [1.165, 1.54) is 0 Å². The minimum Gasteiger partial charge on any atom is -0.381 e. The maximum Gasteiger partial charge on any atom is 0.390 e. The first-order valence-electron chi connectivity index (χ1n) is 11.9. The van der Waals surface area contributed by atoms with E-state index in [1.807, 2.05) is 17.7 Å². The van der Waals surface area contributed by atoms with E-state index < -0.39 is 18.5 Å². The fraction of sp³-hybridized carbons (Fsp3) is 0.583. The van der Waals surface area contributed by atoms with Crippen LogP contribution < -0.4 is 0 Å². The zero-order valence-corrected chi connectivity index (χ0v) is 19.7. The summed E-state index contributed by atoms with van der Waals surface area (Å²) in [5.74, 6) is -0.961. The van der Waals surface area contributed by atoms with Gasteiger partial charge in [0.05, 0.1) is 41.5 Å². The van der Waals surface area contributed by atoms with Crippen LogP contribution in [0.3, 0.4) is 0 Å². The van der Waals surface area contributed by atoms with Gasteiger partial charge in [0.15, 0.2) is 0 Å². The van der Waals surface area contributed by atoms with Crippen molar-refractivity contribution in [2.45, 2.75) is 44.4 Å². The average molecular weight is 492 g/mol. The SMILES string of the molecule is CC1=CC2=NC(=O)c3cnn(C4CCOCC4)c3C2=CC1C(=O)N1CC(N(C)CCC(F)(F)F)C1. The Bertz CT molecular complexity index is 1120. The summed E-state index contributed by atoms with van der Waals surface area (Å²) in [4.78, 5) is 33.6. The van der Waals surface area contributed by atoms with E-state index in [0.717, 1.165) is 24.0 Å². The van der Waals surface area contributed by atoms with Crippen molar-refractivity contribution in [2.24, 2.45) is 10.9 Å². The minimum atomic E-state index is -4.19. The van der Waals surface area contributed by atoms with Gasteiger partial charge in [-0.2, -0.15) is 18.3 Å². The second-order valence-electron chi connectivity index (χ2n) is 9.69. The Morgan fingerprint density at radius 3 is 2.66 bits per heavy atom. The van der Waals surface area contributed by atoms with Gasteiger partial charge in [0, 0.05) is 44.5 Å². The van der Waals surface area contributed by atoms with E-state index in [-0.39, 0.29) is 30.4 Å². The highest BCUT2D eigenvalue weighted by Crippen LogP contribution is 2.37. The van der Waals surface area contributed by atoms with Crippen LogP contribution in [0.15, 0.2) is 28.9 Å². The molecule has 3 aliphatic heterocycles. The van der Waals surface area contributed by atoms with Gasteiger partial charge in [-0.3, -0.25) is 19.2 Å². The Hall–Kier alpha value is -2.79. The van der Waals surface area contributed by atoms with Crippen LogP contribution in [0.1, 0.15) is 48.3 Å². The normalized spacial score (nSPS) is 23.4. The average Bonchev–Trinajstić information content (AvgIpc) is 3.22. The van der Waals surface area contributed by atoms with Crippen molar-refractivity contribution in [3.8, 4) is 0 Å². The number of aliphatic imine (C=N–C) groups is 1. The van der Waals surface area contributed by atoms with Gasteiger partial charge in [-0.05, 0) is 32.9 Å². The number of likely N-dealkylation sites (N-methyl/N-ethyl adjacent to an activating group) is 1. The van der Waals surface area contributed by atoms with E-state index in [1.54, 1.807) is 29.1 Å². The second kappa shape index (κ2) is 9.02. The van der Waals surface area contributed by atoms with Gasteiger partial charge in [-0.1, -0.05) is 11.6 Å². The molecule has 1 aliphatic carbocycles. The first-order chi connectivity index (χ1) is 16.6. The van der Waals surface area contributed by atoms with E-state index >= 15 is 0 Å². The summed E-state index contributed by atoms with van der Waals surface area (Å²) in [7, 11) is 1.66. The van der Waals surface area contributed by atoms with Crippen LogP contribution >= 0.6 is 0 Å². The summed E-state index contributed by atoms with van der Waals surface area (Å²) in [6.45, 7) is 3.79. The van der Waals surface area contributed by atoms with Gasteiger partial charge in [-0.25, -0.2) is 4.99 Å². The molecule has 0 radical (unpaired) electrons. The monoisotopic (exact) mass is 491 g/mol. The Morgan fingerprint density at radius 1 is 1.26 bits per heavy atom. The summed E-state index contributed by atoms with van der Waals surface area (Å²) in [5.41, 5.74) is 3.17. The third-order valence-corrected chi connectivity index (χ3v) is 7.32. The number of likely N-dealkylation sites (tertiary alicyclic amines) is 1. The van der Waals surface area contributed by atoms with Crippen molar-refractivity contribution in [1.29, 1.82) is 0 Å². The van der Waals surface area contributed by atoms with Gasteiger partial charge in [0.2, 0.25) is 5.91 Å². The Labute approximate surface area is 201 Å². The minimum absolute atomic E-state index is 0.0879. The summed E-state index contributed by atoms with van der Waals surface area (Å²) in [5, 5.41) is 4.50. The molecule has 11 heteroatoms. The molecule has 2 amide bonds. The largest absolute Gasteiger partial charge is 0.390 e. The van der Waals surface area contributed by atoms with Crippen LogP contribution in [0.5, 0.6) is 0 Å². The predicted octanol–water partition coefficient (Wildman–Crippen LogP) is 2.88. The molecule has 4 aliphatic rings. The number of carbonyl (C=O) groups is 2. The number of alkyl halides is 3. The van der Waals surface area contributed by atoms with E-state index in [0.29, 0.717) is 43.3 Å². The number of carbonyl (C=O) groups excluding carboxylic acids is 2. The van der Waals surface area contributed by atoms with Gasteiger partial charge in [-0.15, -0.1) is 0 Å². The van der Waals surface area contributed by atoms with Crippen LogP contribution in [-0.2, 0) is 9.53 Å². The van der Waals surface area contributed by atoms with Crippen molar-refractivity contribution < 1.29 is 27.5 Å². The Balaban J connectivity index is 1.34. The van der Waals surface area contributed by atoms with Crippen molar-refractivity contribution in [1.82, 2.24) is 19.6 Å². The molecule has 35 heavy (non-hydrogen) atoms. The van der Waals surface area contributed by atoms with Crippen molar-refractivity contribution in [3.05, 3.63) is 35.2 Å². The van der Waals surface area contributed by atoms with E-state index in [2.05, 4.69) is 10.1 Å². The number of aromatic nitrogens is 2. The molecule has 2 fully saturated rings. The summed E-state index contributed by atoms with van der Waals surface area (Å²) < 4.78 is 44.9. The number of nitrogens with zero attached hydrogens (tertiary/aromatic N) is 5. The van der Waals surface area contributed by atoms with Crippen LogP contribution in [0.4, 0.5) is 13.2 Å². The van der Waals surface area contributed by atoms with Crippen molar-refractivity contribution in [2.75, 3.05) is 39.9 Å². The molecule has 1 unspecified atom stereocenters. The molecule has 1 aromatic heterocycles. The number of allylic oxidation sites excluding steroid dienone is 2. The fourth-order valence-electron chi connectivity index (χ4n) is 5.09. The molecular weight excluding hydrogens is 463 g/mol. The third-order valence-electron chi connectivity index (χ3n) is 7.32. The Morgan fingerprint density at radius 2 is 1.97 bits per heavy atom. The van der Waals surface area contributed by atoms with Crippen LogP contribution in [0.2, 0.25) is 0 Å². The predicted molar refractivity (Wildman–Crippen MR) is 122 cm³/mol. The summed E-state index contributed by atoms with van der Waals surface area (Å²) in [6.07, 6.45) is 1.71. The van der Waals surface area contributed by atoms with Crippen LogP contribution in [0.25, 0.3) is 5.57 Å². The van der Waals surface area contributed by atoms with Gasteiger partial charge >= 0.3 is 6.18 Å². The highest BCUT2D eigenvalue weighted by Gasteiger charge is 2.40. The lowest BCUT2D eigenvalue weighted by atomic mass is 9.84. The maximum absolute atomic E-state index is 13.3. The van der Waals surface area contributed by atoms with Crippen LogP contribution in [-0.4, -0.2) is 89.2 Å². The lowest BCUT2D eigenvalue weighted by molar-refractivity contribution is -0.146. The molecule has 8 nitrogen and oxygen atoms in total. The summed E-state index contributed by atoms with van der Waals surface area (Å²) in [6, 6.07) is 0.0119. The Kier molecular flexibility index (Phi) is 6.16. The van der Waals surface area contributed by atoms with E-state index in [9.17, 15) is 22.8 Å². The van der Waals surface area contributed by atoms with Gasteiger partial charge in [0.1, 0.15) is 0 Å². The first-order valence-corrected chi connectivity index (χ1v) is 11.9. The highest BCUT2D eigenvalue weighted by molar-refractivity contribution is 6.36. The molecular formula is C24H28F3N5O3. The highest BCUT2D eigenvalue weighted by atomic mass is 19.4. The number of hydrogen-bond donors (Lipinski definition) is 0. The maximum atomic E-state index is 13.3. The quantitative estimate of drug-likeness (QED) is 0.633. The molecule has 0 bridgehead atoms. The number of ether oxygens (including phenoxy) is 1. The number of halogens is 3. The molecule has 0 aromatic carbocycles.